The van der Waals surface area contributed by atoms with Crippen LogP contribution in [0.3, 0.4) is 0 Å². The molecule has 6 aromatic rings. The van der Waals surface area contributed by atoms with E-state index in [1.54, 1.807) is 0 Å². The Morgan fingerprint density at radius 1 is 0.432 bits per heavy atom. The zero-order chi connectivity index (χ0) is 25.0. The van der Waals surface area contributed by atoms with Crippen molar-refractivity contribution >= 4 is 44.3 Å². The van der Waals surface area contributed by atoms with E-state index in [2.05, 4.69) is 146 Å². The van der Waals surface area contributed by atoms with E-state index in [4.69, 9.17) is 0 Å². The van der Waals surface area contributed by atoms with Crippen molar-refractivity contribution in [2.24, 2.45) is 0 Å². The summed E-state index contributed by atoms with van der Waals surface area (Å²) in [4.78, 5) is 0. The summed E-state index contributed by atoms with van der Waals surface area (Å²) in [7, 11) is 0. The third-order valence-electron chi connectivity index (χ3n) is 7.81. The molecule has 0 unspecified atom stereocenters. The van der Waals surface area contributed by atoms with Gasteiger partial charge in [-0.15, -0.1) is 0 Å². The summed E-state index contributed by atoms with van der Waals surface area (Å²) in [6.07, 6.45) is 0. The van der Waals surface area contributed by atoms with E-state index in [0.29, 0.717) is 0 Å². The predicted octanol–water partition coefficient (Wildman–Crippen LogP) is 9.79. The molecule has 0 aromatic heterocycles. The molecule has 6 aromatic carbocycles. The molecule has 0 fully saturated rings. The Labute approximate surface area is 217 Å². The number of benzene rings is 6. The summed E-state index contributed by atoms with van der Waals surface area (Å²) in [5.41, 5.74) is 9.80. The molecule has 2 heteroatoms. The summed E-state index contributed by atoms with van der Waals surface area (Å²) in [5.74, 6) is 0. The van der Waals surface area contributed by atoms with Crippen LogP contribution in [0.2, 0.25) is 0 Å². The highest BCUT2D eigenvalue weighted by atomic mass is 14.9. The van der Waals surface area contributed by atoms with E-state index in [1.807, 2.05) is 0 Å². The van der Waals surface area contributed by atoms with E-state index in [0.717, 1.165) is 22.7 Å². The quantitative estimate of drug-likeness (QED) is 0.195. The fraction of sp³-hybridized carbons (Fsp3) is 0.0857. The first-order chi connectivity index (χ1) is 18.1. The Hall–Kier alpha value is -4.56. The first kappa shape index (κ1) is 21.7. The van der Waals surface area contributed by atoms with Crippen molar-refractivity contribution in [3.8, 4) is 11.1 Å². The molecule has 0 amide bonds. The van der Waals surface area contributed by atoms with E-state index in [1.165, 1.54) is 43.8 Å². The molecule has 37 heavy (non-hydrogen) atoms. The molecule has 7 rings (SSSR count). The number of hydrogen-bond acceptors (Lipinski definition) is 2. The van der Waals surface area contributed by atoms with Crippen molar-refractivity contribution in [3.63, 3.8) is 0 Å². The van der Waals surface area contributed by atoms with Crippen LogP contribution >= 0.6 is 0 Å². The minimum absolute atomic E-state index is 0.0667. The standard InChI is InChI=1S/C35H28N2/c1-35(2)31-20-12-11-17-25(31)28-21-29-30(22-32(28)35)34(37-24-15-7-4-8-16-24)27-19-10-9-18-26(27)33(29)36-23-13-5-3-6-14-23/h3-22,36-37H,1-2H3. The maximum absolute atomic E-state index is 3.79. The van der Waals surface area contributed by atoms with Gasteiger partial charge in [0.1, 0.15) is 0 Å². The number of anilines is 4. The molecule has 178 valence electrons. The molecule has 0 aliphatic heterocycles. The largest absolute Gasteiger partial charge is 0.355 e. The van der Waals surface area contributed by atoms with Gasteiger partial charge in [0.05, 0.1) is 11.4 Å². The zero-order valence-corrected chi connectivity index (χ0v) is 21.0. The number of rotatable bonds is 4. The third-order valence-corrected chi connectivity index (χ3v) is 7.81. The highest BCUT2D eigenvalue weighted by Crippen LogP contribution is 2.52. The third kappa shape index (κ3) is 3.41. The molecular weight excluding hydrogens is 448 g/mol. The van der Waals surface area contributed by atoms with Crippen molar-refractivity contribution in [2.45, 2.75) is 19.3 Å². The average molecular weight is 477 g/mol. The molecule has 0 radical (unpaired) electrons. The molecule has 0 saturated carbocycles. The SMILES string of the molecule is CC1(C)c2ccccc2-c2cc3c(Nc4ccccc4)c4ccccc4c(Nc4ccccc4)c3cc21. The molecule has 0 atom stereocenters. The highest BCUT2D eigenvalue weighted by molar-refractivity contribution is 6.22. The lowest BCUT2D eigenvalue weighted by molar-refractivity contribution is 0.661. The normalized spacial score (nSPS) is 13.4. The molecule has 0 bridgehead atoms. The molecule has 1 aliphatic carbocycles. The molecule has 2 N–H and O–H groups in total. The van der Waals surface area contributed by atoms with Gasteiger partial charge in [-0.1, -0.05) is 98.8 Å². The number of fused-ring (bicyclic) bond motifs is 5. The van der Waals surface area contributed by atoms with Gasteiger partial charge in [-0.05, 0) is 58.7 Å². The fourth-order valence-electron chi connectivity index (χ4n) is 5.97. The summed E-state index contributed by atoms with van der Waals surface area (Å²) < 4.78 is 0. The summed E-state index contributed by atoms with van der Waals surface area (Å²) in [6, 6.07) is 43.3. The lowest BCUT2D eigenvalue weighted by atomic mass is 9.81. The zero-order valence-electron chi connectivity index (χ0n) is 21.0. The van der Waals surface area contributed by atoms with Gasteiger partial charge >= 0.3 is 0 Å². The van der Waals surface area contributed by atoms with E-state index < -0.39 is 0 Å². The highest BCUT2D eigenvalue weighted by Gasteiger charge is 2.36. The average Bonchev–Trinajstić information content (AvgIpc) is 3.17. The molecule has 0 spiro atoms. The Kier molecular flexibility index (Phi) is 4.84. The predicted molar refractivity (Wildman–Crippen MR) is 158 cm³/mol. The van der Waals surface area contributed by atoms with Gasteiger partial charge in [-0.3, -0.25) is 0 Å². The number of hydrogen-bond donors (Lipinski definition) is 2. The summed E-state index contributed by atoms with van der Waals surface area (Å²) in [5, 5.41) is 12.4. The van der Waals surface area contributed by atoms with Crippen LogP contribution in [0, 0.1) is 0 Å². The van der Waals surface area contributed by atoms with Gasteiger partial charge in [-0.25, -0.2) is 0 Å². The van der Waals surface area contributed by atoms with Crippen molar-refractivity contribution in [1.29, 1.82) is 0 Å². The summed E-state index contributed by atoms with van der Waals surface area (Å²) in [6.45, 7) is 4.69. The maximum Gasteiger partial charge on any atom is 0.0545 e. The minimum atomic E-state index is -0.0667. The van der Waals surface area contributed by atoms with Crippen LogP contribution in [-0.4, -0.2) is 0 Å². The lowest BCUT2D eigenvalue weighted by Crippen LogP contribution is -2.15. The van der Waals surface area contributed by atoms with Gasteiger partial charge in [0, 0.05) is 38.3 Å². The van der Waals surface area contributed by atoms with E-state index in [9.17, 15) is 0 Å². The number of nitrogens with one attached hydrogen (secondary N) is 2. The van der Waals surface area contributed by atoms with Crippen molar-refractivity contribution in [2.75, 3.05) is 10.6 Å². The lowest BCUT2D eigenvalue weighted by Gasteiger charge is -2.24. The Bertz CT molecular complexity index is 1780. The minimum Gasteiger partial charge on any atom is -0.355 e. The Morgan fingerprint density at radius 2 is 0.919 bits per heavy atom. The van der Waals surface area contributed by atoms with Gasteiger partial charge in [0.15, 0.2) is 0 Å². The molecule has 2 nitrogen and oxygen atoms in total. The van der Waals surface area contributed by atoms with Crippen molar-refractivity contribution < 1.29 is 0 Å². The molecular formula is C35H28N2. The molecule has 0 saturated heterocycles. The van der Waals surface area contributed by atoms with Crippen molar-refractivity contribution in [3.05, 3.63) is 132 Å². The first-order valence-electron chi connectivity index (χ1n) is 12.9. The van der Waals surface area contributed by atoms with Crippen LogP contribution in [0.25, 0.3) is 32.7 Å². The first-order valence-corrected chi connectivity index (χ1v) is 12.9. The monoisotopic (exact) mass is 476 g/mol. The van der Waals surface area contributed by atoms with E-state index >= 15 is 0 Å². The van der Waals surface area contributed by atoms with E-state index in [-0.39, 0.29) is 5.41 Å². The number of para-hydroxylation sites is 2. The van der Waals surface area contributed by atoms with Crippen molar-refractivity contribution in [1.82, 2.24) is 0 Å². The van der Waals surface area contributed by atoms with Crippen LogP contribution in [0.15, 0.2) is 121 Å². The topological polar surface area (TPSA) is 24.1 Å². The maximum atomic E-state index is 3.79. The van der Waals surface area contributed by atoms with Gasteiger partial charge in [0.2, 0.25) is 0 Å². The second-order valence-electron chi connectivity index (χ2n) is 10.4. The van der Waals surface area contributed by atoms with Gasteiger partial charge in [0.25, 0.3) is 0 Å². The second-order valence-corrected chi connectivity index (χ2v) is 10.4. The van der Waals surface area contributed by atoms with Crippen LogP contribution in [0.5, 0.6) is 0 Å². The smallest absolute Gasteiger partial charge is 0.0545 e. The van der Waals surface area contributed by atoms with Gasteiger partial charge < -0.3 is 10.6 Å². The molecule has 1 aliphatic rings. The van der Waals surface area contributed by atoms with Crippen LogP contribution in [-0.2, 0) is 5.41 Å². The van der Waals surface area contributed by atoms with Crippen LogP contribution in [0.4, 0.5) is 22.7 Å². The summed E-state index contributed by atoms with van der Waals surface area (Å²) >= 11 is 0. The molecule has 0 heterocycles. The van der Waals surface area contributed by atoms with Crippen LogP contribution in [0.1, 0.15) is 25.0 Å². The second kappa shape index (κ2) is 8.25. The Balaban J connectivity index is 1.59. The van der Waals surface area contributed by atoms with Crippen LogP contribution < -0.4 is 10.6 Å². The fourth-order valence-corrected chi connectivity index (χ4v) is 5.97. The van der Waals surface area contributed by atoms with Gasteiger partial charge in [-0.2, -0.15) is 0 Å². The Morgan fingerprint density at radius 3 is 1.51 bits per heavy atom.